The van der Waals surface area contributed by atoms with E-state index < -0.39 is 0 Å². The Bertz CT molecular complexity index is 1110. The third-order valence-corrected chi connectivity index (χ3v) is 7.49. The molecular weight excluding hydrogens is 510 g/mol. The summed E-state index contributed by atoms with van der Waals surface area (Å²) >= 11 is 5.49. The number of halogens is 1. The molecule has 1 atom stereocenters. The molecule has 0 radical (unpaired) electrons. The fourth-order valence-electron chi connectivity index (χ4n) is 4.19. The summed E-state index contributed by atoms with van der Waals surface area (Å²) in [6.07, 6.45) is 3.83. The molecule has 6 nitrogen and oxygen atoms in total. The number of anilines is 1. The Morgan fingerprint density at radius 2 is 2.12 bits per heavy atom. The van der Waals surface area contributed by atoms with Crippen molar-refractivity contribution in [2.24, 2.45) is 5.92 Å². The fourth-order valence-corrected chi connectivity index (χ4v) is 5.53. The van der Waals surface area contributed by atoms with Crippen LogP contribution in [0.25, 0.3) is 11.6 Å². The average Bonchev–Trinajstić information content (AvgIpc) is 3.13. The Kier molecular flexibility index (Phi) is 9.45. The van der Waals surface area contributed by atoms with Crippen LogP contribution in [0.2, 0.25) is 0 Å². The maximum atomic E-state index is 13.1. The first kappa shape index (κ1) is 26.1. The van der Waals surface area contributed by atoms with Gasteiger partial charge in [-0.15, -0.1) is 0 Å². The molecule has 0 saturated carbocycles. The summed E-state index contributed by atoms with van der Waals surface area (Å²) in [5.74, 6) is 1.82. The largest absolute Gasteiger partial charge is 0.388 e. The summed E-state index contributed by atoms with van der Waals surface area (Å²) < 4.78 is 0.976. The van der Waals surface area contributed by atoms with Gasteiger partial charge in [-0.2, -0.15) is 17.0 Å². The van der Waals surface area contributed by atoms with E-state index in [1.807, 2.05) is 63.0 Å². The zero-order chi connectivity index (χ0) is 24.7. The predicted octanol–water partition coefficient (Wildman–Crippen LogP) is 5.08. The molecule has 1 aliphatic heterocycles. The monoisotopic (exact) mass is 541 g/mol. The predicted molar refractivity (Wildman–Crippen MR) is 147 cm³/mol. The number of carbonyl (C=O) groups is 1. The van der Waals surface area contributed by atoms with E-state index in [2.05, 4.69) is 49.1 Å². The lowest BCUT2D eigenvalue weighted by Crippen LogP contribution is -2.40. The van der Waals surface area contributed by atoms with Gasteiger partial charge in [0.2, 0.25) is 0 Å². The molecule has 0 bridgehead atoms. The van der Waals surface area contributed by atoms with E-state index in [1.165, 1.54) is 0 Å². The highest BCUT2D eigenvalue weighted by molar-refractivity contribution is 9.10. The van der Waals surface area contributed by atoms with Crippen LogP contribution in [0.4, 0.5) is 5.69 Å². The number of rotatable bonds is 9. The van der Waals surface area contributed by atoms with Gasteiger partial charge in [0, 0.05) is 71.8 Å². The average molecular weight is 543 g/mol. The number of aryl methyl sites for hydroxylation is 1. The quantitative estimate of drug-likeness (QED) is 0.385. The van der Waals surface area contributed by atoms with Gasteiger partial charge in [0.15, 0.2) is 0 Å². The molecule has 1 aromatic carbocycles. The number of nitrogens with one attached hydrogen (secondary N) is 3. The Morgan fingerprint density at radius 3 is 2.76 bits per heavy atom. The molecule has 0 spiro atoms. The van der Waals surface area contributed by atoms with Crippen LogP contribution >= 0.6 is 27.7 Å². The van der Waals surface area contributed by atoms with Crippen LogP contribution in [0.3, 0.4) is 0 Å². The van der Waals surface area contributed by atoms with E-state index in [0.717, 1.165) is 62.8 Å². The van der Waals surface area contributed by atoms with Gasteiger partial charge in [-0.1, -0.05) is 28.6 Å². The molecule has 1 fully saturated rings. The SMILES string of the molecule is C=C/C(=C\c1[nH]c(C)c(C(=O)NCC(C#N)CN2CCSCC2)c1C)c1cc(Br)ccc1NC. The number of hydrogen-bond acceptors (Lipinski definition) is 5. The number of hydrogen-bond donors (Lipinski definition) is 3. The number of thioether (sulfide) groups is 1. The normalized spacial score (nSPS) is 15.4. The third kappa shape index (κ3) is 6.35. The summed E-state index contributed by atoms with van der Waals surface area (Å²) in [6.45, 7) is 10.9. The van der Waals surface area contributed by atoms with Crippen LogP contribution in [0.1, 0.15) is 32.9 Å². The highest BCUT2D eigenvalue weighted by atomic mass is 79.9. The van der Waals surface area contributed by atoms with Crippen molar-refractivity contribution < 1.29 is 4.79 Å². The first-order valence-corrected chi connectivity index (χ1v) is 13.3. The van der Waals surface area contributed by atoms with E-state index >= 15 is 0 Å². The van der Waals surface area contributed by atoms with Crippen LogP contribution in [0.15, 0.2) is 35.3 Å². The zero-order valence-electron chi connectivity index (χ0n) is 20.0. The molecule has 0 aliphatic carbocycles. The third-order valence-electron chi connectivity index (χ3n) is 6.06. The molecule has 1 amide bonds. The van der Waals surface area contributed by atoms with Crippen molar-refractivity contribution in [2.45, 2.75) is 13.8 Å². The van der Waals surface area contributed by atoms with Gasteiger partial charge in [-0.3, -0.25) is 4.79 Å². The molecule has 8 heteroatoms. The number of benzene rings is 1. The van der Waals surface area contributed by atoms with Gasteiger partial charge in [0.05, 0.1) is 17.6 Å². The molecule has 3 N–H and O–H groups in total. The van der Waals surface area contributed by atoms with Gasteiger partial charge in [-0.25, -0.2) is 0 Å². The summed E-state index contributed by atoms with van der Waals surface area (Å²) in [7, 11) is 1.89. The van der Waals surface area contributed by atoms with Gasteiger partial charge in [0.1, 0.15) is 0 Å². The zero-order valence-corrected chi connectivity index (χ0v) is 22.4. The topological polar surface area (TPSA) is 84.0 Å². The second-order valence-corrected chi connectivity index (χ2v) is 10.5. The van der Waals surface area contributed by atoms with E-state index in [-0.39, 0.29) is 11.8 Å². The maximum Gasteiger partial charge on any atom is 0.253 e. The number of H-pyrrole nitrogens is 1. The Labute approximate surface area is 215 Å². The number of nitriles is 1. The lowest BCUT2D eigenvalue weighted by atomic mass is 10.0. The Balaban J connectivity index is 1.77. The van der Waals surface area contributed by atoms with E-state index in [1.54, 1.807) is 0 Å². The van der Waals surface area contributed by atoms with Crippen molar-refractivity contribution in [1.82, 2.24) is 15.2 Å². The van der Waals surface area contributed by atoms with E-state index in [9.17, 15) is 10.1 Å². The molecule has 3 rings (SSSR count). The summed E-state index contributed by atoms with van der Waals surface area (Å²) in [6, 6.07) is 8.40. The van der Waals surface area contributed by atoms with Gasteiger partial charge >= 0.3 is 0 Å². The Hall–Kier alpha value is -2.47. The van der Waals surface area contributed by atoms with Crippen LogP contribution < -0.4 is 10.6 Å². The van der Waals surface area contributed by atoms with Gasteiger partial charge in [0.25, 0.3) is 5.91 Å². The van der Waals surface area contributed by atoms with Gasteiger partial charge < -0.3 is 20.5 Å². The number of amides is 1. The Morgan fingerprint density at radius 1 is 1.38 bits per heavy atom. The second kappa shape index (κ2) is 12.3. The van der Waals surface area contributed by atoms with Crippen LogP contribution in [-0.4, -0.2) is 60.5 Å². The summed E-state index contributed by atoms with van der Waals surface area (Å²) in [5.41, 5.74) is 6.10. The van der Waals surface area contributed by atoms with Crippen molar-refractivity contribution in [3.8, 4) is 6.07 Å². The van der Waals surface area contributed by atoms with Crippen LogP contribution in [0, 0.1) is 31.1 Å². The van der Waals surface area contributed by atoms with Crippen LogP contribution in [0.5, 0.6) is 0 Å². The van der Waals surface area contributed by atoms with Crippen molar-refractivity contribution >= 4 is 50.9 Å². The number of carbonyl (C=O) groups excluding carboxylic acids is 1. The molecule has 2 heterocycles. The van der Waals surface area contributed by atoms with Crippen molar-refractivity contribution in [3.63, 3.8) is 0 Å². The van der Waals surface area contributed by atoms with E-state index in [4.69, 9.17) is 0 Å². The molecular formula is C26H32BrN5OS. The molecule has 1 aliphatic rings. The fraction of sp³-hybridized carbons (Fsp3) is 0.385. The lowest BCUT2D eigenvalue weighted by Gasteiger charge is -2.27. The van der Waals surface area contributed by atoms with Crippen molar-refractivity contribution in [3.05, 3.63) is 63.4 Å². The highest BCUT2D eigenvalue weighted by Gasteiger charge is 2.21. The minimum Gasteiger partial charge on any atom is -0.388 e. The molecule has 1 aromatic heterocycles. The molecule has 1 saturated heterocycles. The first-order valence-electron chi connectivity index (χ1n) is 11.4. The van der Waals surface area contributed by atoms with Crippen molar-refractivity contribution in [2.75, 3.05) is 50.0 Å². The van der Waals surface area contributed by atoms with Gasteiger partial charge in [-0.05, 0) is 49.3 Å². The summed E-state index contributed by atoms with van der Waals surface area (Å²) in [4.78, 5) is 18.7. The number of allylic oxidation sites excluding steroid dienone is 2. The standard InChI is InChI=1S/C26H32BrN5OS/c1-5-20(22-13-21(27)6-7-23(22)29-4)12-24-17(2)25(18(3)31-24)26(33)30-15-19(14-28)16-32-8-10-34-11-9-32/h5-7,12-13,19,29,31H,1,8-11,15-16H2,2-4H3,(H,30,33)/b20-12+. The first-order chi connectivity index (χ1) is 16.4. The number of nitrogens with zero attached hydrogens (tertiary/aromatic N) is 2. The smallest absolute Gasteiger partial charge is 0.253 e. The molecule has 1 unspecified atom stereocenters. The van der Waals surface area contributed by atoms with Crippen LogP contribution in [-0.2, 0) is 0 Å². The summed E-state index contributed by atoms with van der Waals surface area (Å²) in [5, 5.41) is 15.8. The highest BCUT2D eigenvalue weighted by Crippen LogP contribution is 2.31. The van der Waals surface area contributed by atoms with Crippen molar-refractivity contribution in [1.29, 1.82) is 5.26 Å². The minimum absolute atomic E-state index is 0.154. The molecule has 180 valence electrons. The minimum atomic E-state index is -0.227. The lowest BCUT2D eigenvalue weighted by molar-refractivity contribution is 0.0946. The second-order valence-electron chi connectivity index (χ2n) is 8.36. The number of aromatic nitrogens is 1. The number of aromatic amines is 1. The molecule has 2 aromatic rings. The van der Waals surface area contributed by atoms with E-state index in [0.29, 0.717) is 18.7 Å². The molecule has 34 heavy (non-hydrogen) atoms. The maximum absolute atomic E-state index is 13.1.